The third-order valence-corrected chi connectivity index (χ3v) is 6.00. The molecule has 0 bridgehead atoms. The molecule has 2 aromatic rings. The highest BCUT2D eigenvalue weighted by Gasteiger charge is 2.34. The number of ether oxygens (including phenoxy) is 3. The smallest absolute Gasteiger partial charge is 0.486 e. The molecule has 0 unspecified atom stereocenters. The average molecular weight is 444 g/mol. The van der Waals surface area contributed by atoms with Gasteiger partial charge in [-0.3, -0.25) is 9.69 Å². The van der Waals surface area contributed by atoms with Gasteiger partial charge in [0.1, 0.15) is 13.2 Å². The van der Waals surface area contributed by atoms with Crippen LogP contribution in [0.3, 0.4) is 0 Å². The summed E-state index contributed by atoms with van der Waals surface area (Å²) in [5, 5.41) is 13.8. The van der Waals surface area contributed by atoms with Crippen LogP contribution < -0.4 is 19.1 Å². The first-order valence-corrected chi connectivity index (χ1v) is 11.1. The second kappa shape index (κ2) is 9.10. The van der Waals surface area contributed by atoms with E-state index in [0.717, 1.165) is 25.7 Å². The number of nitrogens with zero attached hydrogens (tertiary/aromatic N) is 3. The van der Waals surface area contributed by atoms with E-state index in [0.29, 0.717) is 36.3 Å². The number of anilines is 1. The Kier molecular flexibility index (Phi) is 6.25. The van der Waals surface area contributed by atoms with Crippen LogP contribution >= 0.6 is 0 Å². The molecule has 2 aliphatic rings. The minimum Gasteiger partial charge on any atom is -0.486 e. The van der Waals surface area contributed by atoms with E-state index in [1.165, 1.54) is 10.9 Å². The number of benzene rings is 1. The van der Waals surface area contributed by atoms with Gasteiger partial charge >= 0.3 is 6.16 Å². The zero-order valence-corrected chi connectivity index (χ0v) is 18.6. The van der Waals surface area contributed by atoms with Crippen molar-refractivity contribution in [3.8, 4) is 22.9 Å². The van der Waals surface area contributed by atoms with E-state index in [1.807, 2.05) is 13.8 Å². The lowest BCUT2D eigenvalue weighted by molar-refractivity contribution is -0.124. The van der Waals surface area contributed by atoms with Crippen LogP contribution in [0.2, 0.25) is 0 Å². The SMILES string of the molecule is CC1CCC(C(=O)N(c2nn(-c3ccc4c(c3)OCCO4)cc2OC(=O)O)C(C)C)CC1. The molecule has 0 spiro atoms. The number of hydrogen-bond donors (Lipinski definition) is 1. The van der Waals surface area contributed by atoms with Gasteiger partial charge in [0.2, 0.25) is 11.7 Å². The van der Waals surface area contributed by atoms with Crippen molar-refractivity contribution in [2.45, 2.75) is 52.5 Å². The standard InChI is InChI=1S/C23H29N3O6/c1-14(2)26(22(27)16-6-4-15(3)5-7-16)21-20(32-23(28)29)13-25(24-21)17-8-9-18-19(12-17)31-11-10-30-18/h8-9,12-16H,4-7,10-11H2,1-3H3,(H,28,29). The minimum atomic E-state index is -1.46. The van der Waals surface area contributed by atoms with E-state index in [-0.39, 0.29) is 29.4 Å². The monoisotopic (exact) mass is 443 g/mol. The second-order valence-corrected chi connectivity index (χ2v) is 8.72. The Morgan fingerprint density at radius 2 is 1.84 bits per heavy atom. The van der Waals surface area contributed by atoms with Crippen molar-refractivity contribution < 1.29 is 28.9 Å². The van der Waals surface area contributed by atoms with Crippen LogP contribution in [0.5, 0.6) is 17.2 Å². The predicted molar refractivity (Wildman–Crippen MR) is 117 cm³/mol. The fourth-order valence-corrected chi connectivity index (χ4v) is 4.30. The van der Waals surface area contributed by atoms with Gasteiger partial charge in [0, 0.05) is 18.0 Å². The van der Waals surface area contributed by atoms with E-state index in [4.69, 9.17) is 14.2 Å². The third-order valence-electron chi connectivity index (χ3n) is 6.00. The molecule has 32 heavy (non-hydrogen) atoms. The maximum atomic E-state index is 13.5. The van der Waals surface area contributed by atoms with E-state index in [2.05, 4.69) is 12.0 Å². The number of carboxylic acid groups (broad SMARTS) is 1. The van der Waals surface area contributed by atoms with Crippen molar-refractivity contribution in [3.63, 3.8) is 0 Å². The van der Waals surface area contributed by atoms with Crippen molar-refractivity contribution in [1.29, 1.82) is 0 Å². The summed E-state index contributed by atoms with van der Waals surface area (Å²) in [6.45, 7) is 6.91. The topological polar surface area (TPSA) is 103 Å². The van der Waals surface area contributed by atoms with Gasteiger partial charge in [-0.15, -0.1) is 5.10 Å². The van der Waals surface area contributed by atoms with Crippen LogP contribution in [0.1, 0.15) is 46.5 Å². The summed E-state index contributed by atoms with van der Waals surface area (Å²) in [5.74, 6) is 1.89. The van der Waals surface area contributed by atoms with Gasteiger partial charge in [-0.05, 0) is 57.6 Å². The lowest BCUT2D eigenvalue weighted by atomic mass is 9.82. The van der Waals surface area contributed by atoms with Crippen LogP contribution in [-0.4, -0.2) is 46.2 Å². The van der Waals surface area contributed by atoms with Crippen molar-refractivity contribution in [1.82, 2.24) is 9.78 Å². The van der Waals surface area contributed by atoms with Crippen LogP contribution in [0.15, 0.2) is 24.4 Å². The molecule has 0 atom stereocenters. The summed E-state index contributed by atoms with van der Waals surface area (Å²) in [6.07, 6.45) is 3.66. The largest absolute Gasteiger partial charge is 0.511 e. The summed E-state index contributed by atoms with van der Waals surface area (Å²) in [4.78, 5) is 26.4. The Hall–Kier alpha value is -3.23. The number of aromatic nitrogens is 2. The first-order valence-electron chi connectivity index (χ1n) is 11.1. The molecule has 1 fully saturated rings. The van der Waals surface area contributed by atoms with Crippen molar-refractivity contribution >= 4 is 17.9 Å². The van der Waals surface area contributed by atoms with Gasteiger partial charge in [-0.1, -0.05) is 6.92 Å². The number of carbonyl (C=O) groups excluding carboxylic acids is 1. The van der Waals surface area contributed by atoms with Gasteiger partial charge in [0.25, 0.3) is 0 Å². The number of hydrogen-bond acceptors (Lipinski definition) is 6. The number of amides is 1. The fraction of sp³-hybridized carbons (Fsp3) is 0.522. The van der Waals surface area contributed by atoms with Crippen molar-refractivity contribution in [2.75, 3.05) is 18.1 Å². The lowest BCUT2D eigenvalue weighted by Crippen LogP contribution is -2.42. The maximum absolute atomic E-state index is 13.5. The van der Waals surface area contributed by atoms with Crippen molar-refractivity contribution in [2.24, 2.45) is 11.8 Å². The Morgan fingerprint density at radius 3 is 2.50 bits per heavy atom. The molecule has 0 saturated heterocycles. The van der Waals surface area contributed by atoms with Crippen LogP contribution in [0.4, 0.5) is 10.6 Å². The number of carbonyl (C=O) groups is 2. The molecule has 1 aliphatic heterocycles. The summed E-state index contributed by atoms with van der Waals surface area (Å²) in [5.41, 5.74) is 0.637. The highest BCUT2D eigenvalue weighted by Crippen LogP contribution is 2.37. The molecule has 172 valence electrons. The molecule has 9 heteroatoms. The Labute approximate surface area is 186 Å². The summed E-state index contributed by atoms with van der Waals surface area (Å²) in [7, 11) is 0. The van der Waals surface area contributed by atoms with Crippen LogP contribution in [-0.2, 0) is 4.79 Å². The first-order chi connectivity index (χ1) is 15.3. The molecule has 1 aliphatic carbocycles. The zero-order chi connectivity index (χ0) is 22.8. The quantitative estimate of drug-likeness (QED) is 0.689. The summed E-state index contributed by atoms with van der Waals surface area (Å²) >= 11 is 0. The molecule has 0 radical (unpaired) electrons. The first kappa shape index (κ1) is 22.0. The van der Waals surface area contributed by atoms with Gasteiger partial charge in [0.15, 0.2) is 17.2 Å². The van der Waals surface area contributed by atoms with E-state index >= 15 is 0 Å². The molecule has 2 heterocycles. The molecule has 1 N–H and O–H groups in total. The second-order valence-electron chi connectivity index (χ2n) is 8.72. The molecular weight excluding hydrogens is 414 g/mol. The van der Waals surface area contributed by atoms with Crippen molar-refractivity contribution in [3.05, 3.63) is 24.4 Å². The number of fused-ring (bicyclic) bond motifs is 1. The molecule has 1 aromatic carbocycles. The Bertz CT molecular complexity index is 994. The maximum Gasteiger partial charge on any atom is 0.511 e. The van der Waals surface area contributed by atoms with E-state index < -0.39 is 6.16 Å². The Morgan fingerprint density at radius 1 is 1.16 bits per heavy atom. The lowest BCUT2D eigenvalue weighted by Gasteiger charge is -2.32. The molecule has 1 amide bonds. The predicted octanol–water partition coefficient (Wildman–Crippen LogP) is 4.27. The van der Waals surface area contributed by atoms with Gasteiger partial charge < -0.3 is 19.3 Å². The van der Waals surface area contributed by atoms with Crippen LogP contribution in [0.25, 0.3) is 5.69 Å². The molecule has 1 saturated carbocycles. The van der Waals surface area contributed by atoms with E-state index in [1.54, 1.807) is 23.1 Å². The molecule has 4 rings (SSSR count). The average Bonchev–Trinajstić information content (AvgIpc) is 3.16. The molecular formula is C23H29N3O6. The minimum absolute atomic E-state index is 0.0126. The van der Waals surface area contributed by atoms with E-state index in [9.17, 15) is 14.7 Å². The third kappa shape index (κ3) is 4.51. The number of rotatable bonds is 5. The summed E-state index contributed by atoms with van der Waals surface area (Å²) < 4.78 is 17.7. The highest BCUT2D eigenvalue weighted by atomic mass is 16.7. The Balaban J connectivity index is 1.70. The van der Waals surface area contributed by atoms with Gasteiger partial charge in [0.05, 0.1) is 11.9 Å². The fourth-order valence-electron chi connectivity index (χ4n) is 4.30. The van der Waals surface area contributed by atoms with Crippen LogP contribution in [0, 0.1) is 11.8 Å². The molecule has 9 nitrogen and oxygen atoms in total. The van der Waals surface area contributed by atoms with Gasteiger partial charge in [-0.2, -0.15) is 0 Å². The zero-order valence-electron chi connectivity index (χ0n) is 18.6. The van der Waals surface area contributed by atoms with Gasteiger partial charge in [-0.25, -0.2) is 9.48 Å². The highest BCUT2D eigenvalue weighted by molar-refractivity contribution is 5.96. The molecule has 1 aromatic heterocycles. The summed E-state index contributed by atoms with van der Waals surface area (Å²) in [6, 6.07) is 5.11. The normalized spacial score (nSPS) is 20.1.